The molecule has 1 aliphatic rings. The van der Waals surface area contributed by atoms with E-state index in [0.717, 1.165) is 12.8 Å². The van der Waals surface area contributed by atoms with Crippen LogP contribution in [0, 0.1) is 0 Å². The number of rotatable bonds is 7. The lowest BCUT2D eigenvalue weighted by Gasteiger charge is -2.32. The SMILES string of the molecule is CCCCCCCCC1(C)CCC(C)(C)O[SiH2]O[SiH2]O1. The predicted octanol–water partition coefficient (Wildman–Crippen LogP) is 3.12. The maximum Gasteiger partial charge on any atom is 0.295 e. The van der Waals surface area contributed by atoms with E-state index in [2.05, 4.69) is 27.7 Å². The number of unbranched alkanes of at least 4 members (excludes halogenated alkanes) is 5. The van der Waals surface area contributed by atoms with Gasteiger partial charge in [-0.15, -0.1) is 0 Å². The summed E-state index contributed by atoms with van der Waals surface area (Å²) in [5.74, 6) is 0. The first-order valence-corrected chi connectivity index (χ1v) is 10.6. The minimum atomic E-state index is -0.834. The Balaban J connectivity index is 2.31. The van der Waals surface area contributed by atoms with E-state index in [0.29, 0.717) is 0 Å². The summed E-state index contributed by atoms with van der Waals surface area (Å²) >= 11 is 0. The van der Waals surface area contributed by atoms with Crippen LogP contribution in [0.25, 0.3) is 0 Å². The van der Waals surface area contributed by atoms with Gasteiger partial charge in [-0.1, -0.05) is 45.4 Å². The van der Waals surface area contributed by atoms with E-state index in [1.54, 1.807) is 0 Å². The van der Waals surface area contributed by atoms with Crippen molar-refractivity contribution in [1.82, 2.24) is 0 Å². The molecule has 1 fully saturated rings. The molecule has 0 bridgehead atoms. The molecule has 1 rings (SSSR count). The Kier molecular flexibility index (Phi) is 8.59. The van der Waals surface area contributed by atoms with Gasteiger partial charge in [0.05, 0.1) is 11.2 Å². The smallest absolute Gasteiger partial charge is 0.295 e. The molecule has 1 atom stereocenters. The van der Waals surface area contributed by atoms with E-state index >= 15 is 0 Å². The summed E-state index contributed by atoms with van der Waals surface area (Å²) in [6.07, 6.45) is 11.4. The van der Waals surface area contributed by atoms with Gasteiger partial charge in [0.15, 0.2) is 0 Å². The predicted molar refractivity (Wildman–Crippen MR) is 90.1 cm³/mol. The summed E-state index contributed by atoms with van der Waals surface area (Å²) < 4.78 is 17.7. The second-order valence-corrected chi connectivity index (χ2v) is 9.64. The lowest BCUT2D eigenvalue weighted by atomic mass is 9.88. The van der Waals surface area contributed by atoms with E-state index in [1.165, 1.54) is 44.9 Å². The first-order chi connectivity index (χ1) is 9.47. The van der Waals surface area contributed by atoms with Gasteiger partial charge in [-0.05, 0) is 40.0 Å². The zero-order valence-corrected chi connectivity index (χ0v) is 16.8. The monoisotopic (exact) mass is 318 g/mol. The van der Waals surface area contributed by atoms with E-state index in [-0.39, 0.29) is 11.2 Å². The fourth-order valence-electron chi connectivity index (χ4n) is 2.61. The van der Waals surface area contributed by atoms with Crippen molar-refractivity contribution in [2.45, 2.75) is 96.7 Å². The molecule has 0 aromatic rings. The highest BCUT2D eigenvalue weighted by Gasteiger charge is 2.30. The normalized spacial score (nSPS) is 30.0. The Bertz CT molecular complexity index is 262. The fourth-order valence-corrected chi connectivity index (χ4v) is 4.58. The second-order valence-electron chi connectivity index (χ2n) is 6.96. The molecule has 5 heteroatoms. The summed E-state index contributed by atoms with van der Waals surface area (Å²) in [7, 11) is -1.65. The minimum Gasteiger partial charge on any atom is -0.424 e. The molecule has 1 unspecified atom stereocenters. The average Bonchev–Trinajstić information content (AvgIpc) is 2.46. The molecule has 1 saturated heterocycles. The molecule has 20 heavy (non-hydrogen) atoms. The third-order valence-electron chi connectivity index (χ3n) is 4.34. The molecule has 1 aliphatic heterocycles. The molecule has 0 spiro atoms. The van der Waals surface area contributed by atoms with Crippen molar-refractivity contribution in [1.29, 1.82) is 0 Å². The molecule has 0 radical (unpaired) electrons. The maximum atomic E-state index is 6.14. The zero-order chi connectivity index (χ0) is 14.9. The van der Waals surface area contributed by atoms with Crippen LogP contribution < -0.4 is 0 Å². The van der Waals surface area contributed by atoms with Crippen LogP contribution in [0.1, 0.15) is 85.5 Å². The average molecular weight is 319 g/mol. The van der Waals surface area contributed by atoms with Crippen LogP contribution in [0.4, 0.5) is 0 Å². The van der Waals surface area contributed by atoms with Gasteiger partial charge in [0.2, 0.25) is 0 Å². The molecule has 0 saturated carbocycles. The van der Waals surface area contributed by atoms with E-state index in [4.69, 9.17) is 13.0 Å². The van der Waals surface area contributed by atoms with E-state index in [1.807, 2.05) is 0 Å². The standard InChI is InChI=1S/C15H34O3Si2/c1-5-6-7-8-9-10-11-15(4)13-12-14(2,3)16-19-18-20-17-15/h5-13,19-20H2,1-4H3. The van der Waals surface area contributed by atoms with E-state index < -0.39 is 20.0 Å². The number of hydrogen-bond donors (Lipinski definition) is 0. The van der Waals surface area contributed by atoms with Crippen molar-refractivity contribution in [3.8, 4) is 0 Å². The van der Waals surface area contributed by atoms with Crippen molar-refractivity contribution >= 4 is 20.0 Å². The van der Waals surface area contributed by atoms with Crippen molar-refractivity contribution in [3.05, 3.63) is 0 Å². The Morgan fingerprint density at radius 1 is 0.850 bits per heavy atom. The topological polar surface area (TPSA) is 27.7 Å². The summed E-state index contributed by atoms with van der Waals surface area (Å²) in [5.41, 5.74) is -0.00689. The molecule has 3 nitrogen and oxygen atoms in total. The number of hydrogen-bond acceptors (Lipinski definition) is 3. The molecular formula is C15H34O3Si2. The highest BCUT2D eigenvalue weighted by molar-refractivity contribution is 6.34. The highest BCUT2D eigenvalue weighted by Crippen LogP contribution is 2.30. The molecule has 0 amide bonds. The summed E-state index contributed by atoms with van der Waals surface area (Å²) in [4.78, 5) is 0. The zero-order valence-electron chi connectivity index (χ0n) is 14.0. The Labute approximate surface area is 130 Å². The third kappa shape index (κ3) is 7.93. The fraction of sp³-hybridized carbons (Fsp3) is 1.00. The Morgan fingerprint density at radius 2 is 1.50 bits per heavy atom. The van der Waals surface area contributed by atoms with Crippen LogP contribution in [0.3, 0.4) is 0 Å². The van der Waals surface area contributed by atoms with Gasteiger partial charge < -0.3 is 13.0 Å². The van der Waals surface area contributed by atoms with Crippen LogP contribution in [0.15, 0.2) is 0 Å². The Hall–Kier alpha value is 0.314. The molecule has 0 aromatic heterocycles. The van der Waals surface area contributed by atoms with Crippen molar-refractivity contribution in [2.75, 3.05) is 0 Å². The lowest BCUT2D eigenvalue weighted by Crippen LogP contribution is -2.33. The van der Waals surface area contributed by atoms with Crippen LogP contribution in [0.2, 0.25) is 0 Å². The van der Waals surface area contributed by atoms with Crippen molar-refractivity contribution in [2.24, 2.45) is 0 Å². The summed E-state index contributed by atoms with van der Waals surface area (Å²) in [6.45, 7) is 8.91. The first-order valence-electron chi connectivity index (χ1n) is 8.33. The molecule has 1 heterocycles. The lowest BCUT2D eigenvalue weighted by molar-refractivity contribution is 0.0356. The first kappa shape index (κ1) is 18.4. The van der Waals surface area contributed by atoms with Crippen LogP contribution >= 0.6 is 0 Å². The molecule has 120 valence electrons. The van der Waals surface area contributed by atoms with Gasteiger partial charge >= 0.3 is 0 Å². The van der Waals surface area contributed by atoms with Crippen molar-refractivity contribution < 1.29 is 13.0 Å². The Morgan fingerprint density at radius 3 is 2.25 bits per heavy atom. The summed E-state index contributed by atoms with van der Waals surface area (Å²) in [6, 6.07) is 0. The minimum absolute atomic E-state index is 0.0242. The quantitative estimate of drug-likeness (QED) is 0.533. The maximum absolute atomic E-state index is 6.14. The summed E-state index contributed by atoms with van der Waals surface area (Å²) in [5, 5.41) is 0. The van der Waals surface area contributed by atoms with Gasteiger partial charge in [0.1, 0.15) is 0 Å². The van der Waals surface area contributed by atoms with Crippen LogP contribution in [0.5, 0.6) is 0 Å². The molecule has 0 N–H and O–H groups in total. The van der Waals surface area contributed by atoms with Crippen LogP contribution in [-0.4, -0.2) is 31.2 Å². The largest absolute Gasteiger partial charge is 0.424 e. The highest BCUT2D eigenvalue weighted by atomic mass is 28.3. The molecular weight excluding hydrogens is 284 g/mol. The van der Waals surface area contributed by atoms with Gasteiger partial charge in [-0.3, -0.25) is 0 Å². The van der Waals surface area contributed by atoms with Gasteiger partial charge in [-0.25, -0.2) is 0 Å². The molecule has 0 aliphatic carbocycles. The van der Waals surface area contributed by atoms with E-state index in [9.17, 15) is 0 Å². The van der Waals surface area contributed by atoms with Crippen LogP contribution in [-0.2, 0) is 13.0 Å². The second kappa shape index (κ2) is 9.36. The van der Waals surface area contributed by atoms with Crippen molar-refractivity contribution in [3.63, 3.8) is 0 Å². The van der Waals surface area contributed by atoms with Gasteiger partial charge in [-0.2, -0.15) is 0 Å². The third-order valence-corrected chi connectivity index (χ3v) is 7.39. The van der Waals surface area contributed by atoms with Gasteiger partial charge in [0, 0.05) is 0 Å². The van der Waals surface area contributed by atoms with Gasteiger partial charge in [0.25, 0.3) is 20.0 Å². The molecule has 0 aromatic carbocycles.